The van der Waals surface area contributed by atoms with Crippen LogP contribution in [0.25, 0.3) is 0 Å². The van der Waals surface area contributed by atoms with E-state index in [1.807, 2.05) is 6.07 Å². The number of nitrogens with one attached hydrogen (secondary N) is 2. The molecule has 1 atom stereocenters. The fourth-order valence-corrected chi connectivity index (χ4v) is 5.09. The lowest BCUT2D eigenvalue weighted by Gasteiger charge is -2.11. The lowest BCUT2D eigenvalue weighted by molar-refractivity contribution is 0.601. The summed E-state index contributed by atoms with van der Waals surface area (Å²) in [7, 11) is -5.19. The smallest absolute Gasteiger partial charge is 0.261 e. The number of hydrogen-bond donors (Lipinski definition) is 3. The van der Waals surface area contributed by atoms with Gasteiger partial charge < -0.3 is 11.1 Å². The summed E-state index contributed by atoms with van der Waals surface area (Å²) in [5.74, 6) is 0. The second-order valence-corrected chi connectivity index (χ2v) is 9.92. The van der Waals surface area contributed by atoms with E-state index in [2.05, 4.69) is 17.0 Å². The van der Waals surface area contributed by atoms with Gasteiger partial charge in [-0.15, -0.1) is 0 Å². The Morgan fingerprint density at radius 3 is 2.40 bits per heavy atom. The van der Waals surface area contributed by atoms with Crippen LogP contribution < -0.4 is 15.8 Å². The molecule has 1 unspecified atom stereocenters. The maximum Gasteiger partial charge on any atom is 0.261 e. The van der Waals surface area contributed by atoms with Crippen LogP contribution in [-0.4, -0.2) is 19.2 Å². The predicted molar refractivity (Wildman–Crippen MR) is 121 cm³/mol. The maximum absolute atomic E-state index is 13.1. The molecule has 158 valence electrons. The maximum atomic E-state index is 13.1. The molecule has 3 rings (SSSR count). The predicted octanol–water partition coefficient (Wildman–Crippen LogP) is 3.74. The van der Waals surface area contributed by atoms with Gasteiger partial charge in [0, 0.05) is 22.0 Å². The fourth-order valence-electron chi connectivity index (χ4n) is 2.88. The zero-order valence-electron chi connectivity index (χ0n) is 16.7. The minimum atomic E-state index is -3.72. The molecule has 0 heterocycles. The molecule has 0 aliphatic carbocycles. The van der Waals surface area contributed by atoms with Gasteiger partial charge in [-0.3, -0.25) is 4.72 Å². The van der Waals surface area contributed by atoms with Crippen molar-refractivity contribution in [2.24, 2.45) is 0 Å². The SMILES string of the molecule is CCCNCc1cc(S(=O)c2cccc(NS(=O)(=O)c3ccccc3)c2)ccc1N. The summed E-state index contributed by atoms with van der Waals surface area (Å²) in [6.07, 6.45) is 1.01. The molecule has 0 aliphatic rings. The van der Waals surface area contributed by atoms with Gasteiger partial charge in [-0.25, -0.2) is 12.6 Å². The minimum absolute atomic E-state index is 0.166. The number of hydrogen-bond acceptors (Lipinski definition) is 5. The highest BCUT2D eigenvalue weighted by Crippen LogP contribution is 2.24. The third-order valence-electron chi connectivity index (χ3n) is 4.42. The highest BCUT2D eigenvalue weighted by atomic mass is 32.2. The minimum Gasteiger partial charge on any atom is -0.398 e. The van der Waals surface area contributed by atoms with Crippen molar-refractivity contribution in [2.75, 3.05) is 17.0 Å². The molecule has 3 aromatic rings. The standard InChI is InChI=1S/C22H25N3O3S2/c1-2-13-24-16-17-14-20(11-12-22(17)23)29(26)19-8-6-7-18(15-19)25-30(27,28)21-9-4-3-5-10-21/h3-12,14-15,24-25H,2,13,16,23H2,1H3. The summed E-state index contributed by atoms with van der Waals surface area (Å²) in [6.45, 7) is 3.55. The zero-order valence-corrected chi connectivity index (χ0v) is 18.3. The molecule has 0 radical (unpaired) electrons. The van der Waals surface area contributed by atoms with Gasteiger partial charge in [-0.2, -0.15) is 0 Å². The van der Waals surface area contributed by atoms with Crippen LogP contribution in [0, 0.1) is 0 Å². The lowest BCUT2D eigenvalue weighted by Crippen LogP contribution is -2.15. The monoisotopic (exact) mass is 443 g/mol. The van der Waals surface area contributed by atoms with Gasteiger partial charge in [-0.05, 0) is 67.1 Å². The molecule has 0 spiro atoms. The van der Waals surface area contributed by atoms with Crippen LogP contribution in [-0.2, 0) is 27.4 Å². The Morgan fingerprint density at radius 1 is 0.933 bits per heavy atom. The number of benzene rings is 3. The third kappa shape index (κ3) is 5.47. The number of anilines is 2. The topological polar surface area (TPSA) is 101 Å². The molecule has 4 N–H and O–H groups in total. The molecule has 0 saturated heterocycles. The molecule has 0 saturated carbocycles. The average molecular weight is 444 g/mol. The summed E-state index contributed by atoms with van der Waals surface area (Å²) in [5, 5.41) is 3.29. The van der Waals surface area contributed by atoms with Gasteiger partial charge >= 0.3 is 0 Å². The van der Waals surface area contributed by atoms with Crippen LogP contribution in [0.4, 0.5) is 11.4 Å². The van der Waals surface area contributed by atoms with E-state index in [0.717, 1.165) is 18.5 Å². The van der Waals surface area contributed by atoms with Crippen molar-refractivity contribution < 1.29 is 12.6 Å². The first-order valence-corrected chi connectivity index (χ1v) is 12.2. The van der Waals surface area contributed by atoms with Crippen molar-refractivity contribution in [1.82, 2.24) is 5.32 Å². The average Bonchev–Trinajstić information content (AvgIpc) is 2.75. The Bertz CT molecular complexity index is 1130. The molecule has 8 heteroatoms. The summed E-state index contributed by atoms with van der Waals surface area (Å²) < 4.78 is 40.7. The van der Waals surface area contributed by atoms with Gasteiger partial charge in [0.1, 0.15) is 0 Å². The van der Waals surface area contributed by atoms with Crippen molar-refractivity contribution in [3.8, 4) is 0 Å². The first-order valence-electron chi connectivity index (χ1n) is 9.59. The van der Waals surface area contributed by atoms with Gasteiger partial charge in [0.2, 0.25) is 0 Å². The largest absolute Gasteiger partial charge is 0.398 e. The van der Waals surface area contributed by atoms with Crippen LogP contribution >= 0.6 is 0 Å². The van der Waals surface area contributed by atoms with Crippen molar-refractivity contribution >= 4 is 32.2 Å². The van der Waals surface area contributed by atoms with Crippen LogP contribution in [0.3, 0.4) is 0 Å². The number of rotatable bonds is 9. The van der Waals surface area contributed by atoms with E-state index in [1.54, 1.807) is 54.6 Å². The van der Waals surface area contributed by atoms with E-state index in [4.69, 9.17) is 5.73 Å². The van der Waals surface area contributed by atoms with E-state index in [9.17, 15) is 12.6 Å². The Morgan fingerprint density at radius 2 is 1.67 bits per heavy atom. The Labute approximate surface area is 180 Å². The highest BCUT2D eigenvalue weighted by molar-refractivity contribution is 7.92. The highest BCUT2D eigenvalue weighted by Gasteiger charge is 2.15. The number of sulfonamides is 1. The second kappa shape index (κ2) is 9.88. The van der Waals surface area contributed by atoms with E-state index in [-0.39, 0.29) is 4.90 Å². The first kappa shape index (κ1) is 22.0. The van der Waals surface area contributed by atoms with Crippen LogP contribution in [0.1, 0.15) is 18.9 Å². The fraction of sp³-hybridized carbons (Fsp3) is 0.182. The van der Waals surface area contributed by atoms with Crippen molar-refractivity contribution in [1.29, 1.82) is 0 Å². The van der Waals surface area contributed by atoms with E-state index >= 15 is 0 Å². The zero-order chi connectivity index (χ0) is 21.6. The first-order chi connectivity index (χ1) is 14.4. The summed E-state index contributed by atoms with van der Waals surface area (Å²) in [5.41, 5.74) is 7.92. The Balaban J connectivity index is 1.82. The Hall–Kier alpha value is -2.68. The quantitative estimate of drug-likeness (QED) is 0.345. The van der Waals surface area contributed by atoms with Gasteiger partial charge in [-0.1, -0.05) is 31.2 Å². The molecule has 30 heavy (non-hydrogen) atoms. The molecule has 0 aromatic heterocycles. The third-order valence-corrected chi connectivity index (χ3v) is 7.19. The summed E-state index contributed by atoms with van der Waals surface area (Å²) >= 11 is 0. The molecular weight excluding hydrogens is 418 g/mol. The van der Waals surface area contributed by atoms with Gasteiger partial charge in [0.15, 0.2) is 0 Å². The van der Waals surface area contributed by atoms with E-state index < -0.39 is 20.8 Å². The van der Waals surface area contributed by atoms with Gasteiger partial charge in [0.25, 0.3) is 10.0 Å². The molecule has 0 aliphatic heterocycles. The second-order valence-electron chi connectivity index (χ2n) is 6.75. The van der Waals surface area contributed by atoms with Crippen LogP contribution in [0.2, 0.25) is 0 Å². The molecule has 0 fully saturated rings. The molecule has 6 nitrogen and oxygen atoms in total. The molecule has 0 amide bonds. The number of nitrogens with two attached hydrogens (primary N) is 1. The molecular formula is C22H25N3O3S2. The van der Waals surface area contributed by atoms with Crippen molar-refractivity contribution in [2.45, 2.75) is 34.6 Å². The molecule has 0 bridgehead atoms. The number of nitrogen functional groups attached to an aromatic ring is 1. The summed E-state index contributed by atoms with van der Waals surface area (Å²) in [6, 6.07) is 20.0. The van der Waals surface area contributed by atoms with Crippen LogP contribution in [0.5, 0.6) is 0 Å². The van der Waals surface area contributed by atoms with Gasteiger partial charge in [0.05, 0.1) is 21.4 Å². The normalized spacial score (nSPS) is 12.4. The van der Waals surface area contributed by atoms with Crippen molar-refractivity contribution in [3.05, 3.63) is 78.4 Å². The summed E-state index contributed by atoms with van der Waals surface area (Å²) in [4.78, 5) is 1.28. The van der Waals surface area contributed by atoms with E-state index in [1.165, 1.54) is 12.1 Å². The van der Waals surface area contributed by atoms with Crippen molar-refractivity contribution in [3.63, 3.8) is 0 Å². The Kier molecular flexibility index (Phi) is 7.25. The molecule has 3 aromatic carbocycles. The van der Waals surface area contributed by atoms with Crippen LogP contribution in [0.15, 0.2) is 87.5 Å². The lowest BCUT2D eigenvalue weighted by atomic mass is 10.2. The van der Waals surface area contributed by atoms with E-state index in [0.29, 0.717) is 27.7 Å².